The van der Waals surface area contributed by atoms with Gasteiger partial charge in [0.2, 0.25) is 0 Å². The highest BCUT2D eigenvalue weighted by atomic mass is 16.5. The zero-order valence-electron chi connectivity index (χ0n) is 19.8. The normalized spacial score (nSPS) is 13.7. The number of aryl methyl sites for hydroxylation is 2. The van der Waals surface area contributed by atoms with E-state index in [1.165, 1.54) is 0 Å². The van der Waals surface area contributed by atoms with E-state index in [4.69, 9.17) is 9.72 Å². The standard InChI is InChI=1S/C27H31N3O3/c1-5-19-10-8-9-18(4)26(19)29-24(31)16-33-27(32)25-20-11-6-7-12-22(20)28-23-13-14-30(17(2)3)15-21(23)25/h6-12,17H,5,13-16H2,1-4H3,(H,29,31). The third-order valence-corrected chi connectivity index (χ3v) is 6.35. The number of hydrogen-bond donors (Lipinski definition) is 1. The van der Waals surface area contributed by atoms with Crippen molar-refractivity contribution in [3.05, 3.63) is 70.4 Å². The van der Waals surface area contributed by atoms with Crippen molar-refractivity contribution in [2.75, 3.05) is 18.5 Å². The molecule has 0 radical (unpaired) electrons. The lowest BCUT2D eigenvalue weighted by Gasteiger charge is -2.32. The van der Waals surface area contributed by atoms with E-state index in [2.05, 4.69) is 24.1 Å². The maximum atomic E-state index is 13.3. The highest BCUT2D eigenvalue weighted by Gasteiger charge is 2.28. The fourth-order valence-electron chi connectivity index (χ4n) is 4.47. The predicted molar refractivity (Wildman–Crippen MR) is 130 cm³/mol. The lowest BCUT2D eigenvalue weighted by molar-refractivity contribution is -0.119. The van der Waals surface area contributed by atoms with Gasteiger partial charge in [-0.2, -0.15) is 0 Å². The predicted octanol–water partition coefficient (Wildman–Crippen LogP) is 4.67. The molecule has 2 heterocycles. The topological polar surface area (TPSA) is 71.5 Å². The zero-order valence-corrected chi connectivity index (χ0v) is 19.8. The Labute approximate surface area is 195 Å². The van der Waals surface area contributed by atoms with Gasteiger partial charge in [-0.05, 0) is 44.4 Å². The number of nitrogens with one attached hydrogen (secondary N) is 1. The summed E-state index contributed by atoms with van der Waals surface area (Å²) in [5.41, 5.74) is 5.98. The molecule has 1 N–H and O–H groups in total. The largest absolute Gasteiger partial charge is 0.452 e. The van der Waals surface area contributed by atoms with Crippen LogP contribution in [0.4, 0.5) is 5.69 Å². The molecule has 1 amide bonds. The van der Waals surface area contributed by atoms with Crippen LogP contribution in [0, 0.1) is 6.92 Å². The van der Waals surface area contributed by atoms with Crippen LogP contribution in [0.1, 0.15) is 53.5 Å². The van der Waals surface area contributed by atoms with Gasteiger partial charge in [0.15, 0.2) is 6.61 Å². The van der Waals surface area contributed by atoms with Crippen LogP contribution in [0.25, 0.3) is 10.9 Å². The molecule has 0 unspecified atom stereocenters. The summed E-state index contributed by atoms with van der Waals surface area (Å²) in [6.45, 7) is 9.51. The van der Waals surface area contributed by atoms with Crippen LogP contribution in [0.2, 0.25) is 0 Å². The Hall–Kier alpha value is -3.25. The number of anilines is 1. The first-order chi connectivity index (χ1) is 15.9. The van der Waals surface area contributed by atoms with E-state index in [0.717, 1.165) is 58.4 Å². The molecule has 33 heavy (non-hydrogen) atoms. The quantitative estimate of drug-likeness (QED) is 0.559. The summed E-state index contributed by atoms with van der Waals surface area (Å²) >= 11 is 0. The van der Waals surface area contributed by atoms with Crippen LogP contribution in [0.15, 0.2) is 42.5 Å². The van der Waals surface area contributed by atoms with E-state index < -0.39 is 5.97 Å². The molecule has 0 spiro atoms. The van der Waals surface area contributed by atoms with Crippen molar-refractivity contribution < 1.29 is 14.3 Å². The second-order valence-electron chi connectivity index (χ2n) is 8.83. The minimum atomic E-state index is -0.480. The molecule has 0 aliphatic carbocycles. The van der Waals surface area contributed by atoms with Gasteiger partial charge in [-0.25, -0.2) is 4.79 Å². The van der Waals surface area contributed by atoms with Crippen molar-refractivity contribution in [1.29, 1.82) is 0 Å². The number of carbonyl (C=O) groups excluding carboxylic acids is 2. The van der Waals surface area contributed by atoms with Gasteiger partial charge < -0.3 is 10.1 Å². The average Bonchev–Trinajstić information content (AvgIpc) is 2.81. The molecule has 0 atom stereocenters. The monoisotopic (exact) mass is 445 g/mol. The van der Waals surface area contributed by atoms with E-state index in [-0.39, 0.29) is 12.5 Å². The van der Waals surface area contributed by atoms with Crippen LogP contribution >= 0.6 is 0 Å². The first kappa shape index (κ1) is 22.9. The van der Waals surface area contributed by atoms with Crippen molar-refractivity contribution in [2.24, 2.45) is 0 Å². The molecule has 0 fully saturated rings. The summed E-state index contributed by atoms with van der Waals surface area (Å²) in [4.78, 5) is 33.1. The summed E-state index contributed by atoms with van der Waals surface area (Å²) in [5.74, 6) is -0.825. The van der Waals surface area contributed by atoms with E-state index in [9.17, 15) is 9.59 Å². The van der Waals surface area contributed by atoms with Crippen LogP contribution in [0.5, 0.6) is 0 Å². The van der Waals surface area contributed by atoms with E-state index >= 15 is 0 Å². The van der Waals surface area contributed by atoms with Gasteiger partial charge in [0, 0.05) is 47.9 Å². The van der Waals surface area contributed by atoms with Crippen LogP contribution < -0.4 is 5.32 Å². The number of pyridine rings is 1. The number of esters is 1. The molecule has 0 bridgehead atoms. The van der Waals surface area contributed by atoms with Gasteiger partial charge in [0.05, 0.1) is 11.1 Å². The zero-order chi connectivity index (χ0) is 23.5. The molecule has 0 saturated heterocycles. The number of para-hydroxylation sites is 2. The van der Waals surface area contributed by atoms with Crippen LogP contribution in [-0.4, -0.2) is 41.0 Å². The summed E-state index contributed by atoms with van der Waals surface area (Å²) in [6, 6.07) is 13.9. The SMILES string of the molecule is CCc1cccc(C)c1NC(=O)COC(=O)c1c2c(nc3ccccc13)CCN(C(C)C)C2. The Balaban J connectivity index is 1.58. The molecule has 2 aromatic carbocycles. The summed E-state index contributed by atoms with van der Waals surface area (Å²) in [6.07, 6.45) is 1.59. The number of aromatic nitrogens is 1. The molecule has 1 aromatic heterocycles. The minimum Gasteiger partial charge on any atom is -0.452 e. The third-order valence-electron chi connectivity index (χ3n) is 6.35. The molecule has 1 aliphatic heterocycles. The van der Waals surface area contributed by atoms with E-state index in [1.54, 1.807) is 0 Å². The Morgan fingerprint density at radius 2 is 1.94 bits per heavy atom. The number of benzene rings is 2. The Morgan fingerprint density at radius 1 is 1.15 bits per heavy atom. The number of ether oxygens (including phenoxy) is 1. The van der Waals surface area contributed by atoms with Crippen molar-refractivity contribution >= 4 is 28.5 Å². The van der Waals surface area contributed by atoms with E-state index in [1.807, 2.05) is 56.3 Å². The fourth-order valence-corrected chi connectivity index (χ4v) is 4.47. The Kier molecular flexibility index (Phi) is 6.75. The molecule has 172 valence electrons. The maximum Gasteiger partial charge on any atom is 0.339 e. The maximum absolute atomic E-state index is 13.3. The van der Waals surface area contributed by atoms with Crippen molar-refractivity contribution in [2.45, 2.75) is 53.1 Å². The number of fused-ring (bicyclic) bond motifs is 2. The first-order valence-electron chi connectivity index (χ1n) is 11.6. The first-order valence-corrected chi connectivity index (χ1v) is 11.6. The molecule has 0 saturated carbocycles. The van der Waals surface area contributed by atoms with Crippen LogP contribution in [-0.2, 0) is 28.9 Å². The second-order valence-corrected chi connectivity index (χ2v) is 8.83. The van der Waals surface area contributed by atoms with Gasteiger partial charge in [0.25, 0.3) is 5.91 Å². The number of amides is 1. The van der Waals surface area contributed by atoms with Crippen molar-refractivity contribution in [3.63, 3.8) is 0 Å². The molecule has 4 rings (SSSR count). The lowest BCUT2D eigenvalue weighted by atomic mass is 9.95. The highest BCUT2D eigenvalue weighted by molar-refractivity contribution is 6.06. The summed E-state index contributed by atoms with van der Waals surface area (Å²) in [7, 11) is 0. The Bertz CT molecular complexity index is 1200. The molecular formula is C27H31N3O3. The highest BCUT2D eigenvalue weighted by Crippen LogP contribution is 2.29. The molecule has 3 aromatic rings. The smallest absolute Gasteiger partial charge is 0.339 e. The van der Waals surface area contributed by atoms with Crippen molar-refractivity contribution in [3.8, 4) is 0 Å². The number of carbonyl (C=O) groups is 2. The third kappa shape index (κ3) is 4.76. The molecule has 1 aliphatic rings. The second kappa shape index (κ2) is 9.71. The molecule has 6 heteroatoms. The van der Waals surface area contributed by atoms with Gasteiger partial charge in [-0.15, -0.1) is 0 Å². The van der Waals surface area contributed by atoms with Crippen LogP contribution in [0.3, 0.4) is 0 Å². The number of hydrogen-bond acceptors (Lipinski definition) is 5. The summed E-state index contributed by atoms with van der Waals surface area (Å²) in [5, 5.41) is 3.68. The van der Waals surface area contributed by atoms with Gasteiger partial charge >= 0.3 is 5.97 Å². The lowest BCUT2D eigenvalue weighted by Crippen LogP contribution is -2.37. The van der Waals surface area contributed by atoms with Gasteiger partial charge in [-0.3, -0.25) is 14.7 Å². The van der Waals surface area contributed by atoms with E-state index in [0.29, 0.717) is 18.2 Å². The minimum absolute atomic E-state index is 0.338. The van der Waals surface area contributed by atoms with Crippen molar-refractivity contribution in [1.82, 2.24) is 9.88 Å². The number of rotatable bonds is 6. The number of nitrogens with zero attached hydrogens (tertiary/aromatic N) is 2. The Morgan fingerprint density at radius 3 is 2.70 bits per heavy atom. The average molecular weight is 446 g/mol. The molecule has 6 nitrogen and oxygen atoms in total. The molecular weight excluding hydrogens is 414 g/mol. The van der Waals surface area contributed by atoms with Gasteiger partial charge in [0.1, 0.15) is 0 Å². The van der Waals surface area contributed by atoms with Gasteiger partial charge in [-0.1, -0.05) is 43.3 Å². The fraction of sp³-hybridized carbons (Fsp3) is 0.370. The summed E-state index contributed by atoms with van der Waals surface area (Å²) < 4.78 is 5.55.